The van der Waals surface area contributed by atoms with Gasteiger partial charge in [0.05, 0.1) is 30.5 Å². The topological polar surface area (TPSA) is 64.1 Å². The number of phenols is 1. The second kappa shape index (κ2) is 6.30. The monoisotopic (exact) mass is 314 g/mol. The van der Waals surface area contributed by atoms with E-state index in [-0.39, 0.29) is 17.3 Å². The van der Waals surface area contributed by atoms with Crippen molar-refractivity contribution in [3.63, 3.8) is 0 Å². The molecular weight excluding hydrogens is 294 g/mol. The molecule has 0 unspecified atom stereocenters. The Morgan fingerprint density at radius 1 is 1.22 bits per heavy atom. The minimum Gasteiger partial charge on any atom is -0.507 e. The Hall–Kier alpha value is -2.53. The number of furan rings is 1. The standard InChI is InChI=1S/C18H19NO4/c1-3-19(4-2)11-14-15(20)8-7-13-17(21)16(23-18(13)14)10-12-6-5-9-22-12/h5-10,20H,3-4,11H2,1-2H3/p+1/b16-10-. The molecule has 0 saturated heterocycles. The van der Waals surface area contributed by atoms with Crippen LogP contribution in [0.1, 0.15) is 35.5 Å². The fraction of sp³-hybridized carbons (Fsp3) is 0.278. The maximum absolute atomic E-state index is 12.5. The predicted molar refractivity (Wildman–Crippen MR) is 85.5 cm³/mol. The number of phenolic OH excluding ortho intramolecular Hbond substituents is 1. The fourth-order valence-corrected chi connectivity index (χ4v) is 2.72. The van der Waals surface area contributed by atoms with E-state index in [9.17, 15) is 9.90 Å². The predicted octanol–water partition coefficient (Wildman–Crippen LogP) is 2.03. The van der Waals surface area contributed by atoms with Gasteiger partial charge in [-0.2, -0.15) is 0 Å². The van der Waals surface area contributed by atoms with E-state index < -0.39 is 0 Å². The Balaban J connectivity index is 1.98. The van der Waals surface area contributed by atoms with Gasteiger partial charge in [0.15, 0.2) is 11.5 Å². The Morgan fingerprint density at radius 2 is 2.00 bits per heavy atom. The third-order valence-electron chi connectivity index (χ3n) is 4.16. The Bertz CT molecular complexity index is 743. The number of fused-ring (bicyclic) bond motifs is 1. The number of benzene rings is 1. The van der Waals surface area contributed by atoms with Gasteiger partial charge in [0, 0.05) is 6.08 Å². The van der Waals surface area contributed by atoms with Crippen LogP contribution < -0.4 is 9.64 Å². The SMILES string of the molecule is CC[NH+](CC)Cc1c(O)ccc2c1O/C(=C\c1ccco1)C2=O. The van der Waals surface area contributed by atoms with E-state index in [1.807, 2.05) is 0 Å². The molecule has 0 saturated carbocycles. The van der Waals surface area contributed by atoms with Crippen molar-refractivity contribution >= 4 is 11.9 Å². The van der Waals surface area contributed by atoms with Crippen molar-refractivity contribution in [1.82, 2.24) is 0 Å². The molecule has 1 aliphatic rings. The summed E-state index contributed by atoms with van der Waals surface area (Å²) in [7, 11) is 0. The number of carbonyl (C=O) groups is 1. The average molecular weight is 314 g/mol. The number of hydrogen-bond acceptors (Lipinski definition) is 4. The van der Waals surface area contributed by atoms with Gasteiger partial charge < -0.3 is 19.2 Å². The highest BCUT2D eigenvalue weighted by molar-refractivity contribution is 6.14. The first-order valence-corrected chi connectivity index (χ1v) is 7.80. The van der Waals surface area contributed by atoms with Gasteiger partial charge in [-0.15, -0.1) is 0 Å². The number of ether oxygens (including phenoxy) is 1. The molecule has 0 spiro atoms. The van der Waals surface area contributed by atoms with E-state index in [1.165, 1.54) is 4.90 Å². The molecular formula is C18H20NO4+. The van der Waals surface area contributed by atoms with Gasteiger partial charge in [-0.05, 0) is 38.1 Å². The summed E-state index contributed by atoms with van der Waals surface area (Å²) in [6, 6.07) is 6.68. The normalized spacial score (nSPS) is 15.3. The van der Waals surface area contributed by atoms with Crippen LogP contribution in [0.5, 0.6) is 11.5 Å². The molecule has 0 fully saturated rings. The highest BCUT2D eigenvalue weighted by atomic mass is 16.5. The first-order chi connectivity index (χ1) is 11.1. The highest BCUT2D eigenvalue weighted by Gasteiger charge is 2.32. The summed E-state index contributed by atoms with van der Waals surface area (Å²) in [5.74, 6) is 1.22. The highest BCUT2D eigenvalue weighted by Crippen LogP contribution is 2.39. The van der Waals surface area contributed by atoms with Crippen LogP contribution in [0.4, 0.5) is 0 Å². The summed E-state index contributed by atoms with van der Waals surface area (Å²) in [6.07, 6.45) is 3.12. The molecule has 1 aromatic carbocycles. The quantitative estimate of drug-likeness (QED) is 0.829. The summed E-state index contributed by atoms with van der Waals surface area (Å²) in [5.41, 5.74) is 1.17. The molecule has 5 nitrogen and oxygen atoms in total. The maximum atomic E-state index is 12.5. The lowest BCUT2D eigenvalue weighted by molar-refractivity contribution is -0.910. The minimum atomic E-state index is -0.188. The molecule has 2 heterocycles. The van der Waals surface area contributed by atoms with Crippen LogP contribution >= 0.6 is 0 Å². The first-order valence-electron chi connectivity index (χ1n) is 7.80. The van der Waals surface area contributed by atoms with Crippen molar-refractivity contribution < 1.29 is 24.0 Å². The minimum absolute atomic E-state index is 0.162. The van der Waals surface area contributed by atoms with Gasteiger partial charge >= 0.3 is 0 Å². The first kappa shape index (κ1) is 15.4. The van der Waals surface area contributed by atoms with Crippen LogP contribution in [0.25, 0.3) is 6.08 Å². The van der Waals surface area contributed by atoms with E-state index in [0.717, 1.165) is 13.1 Å². The van der Waals surface area contributed by atoms with Crippen LogP contribution in [0, 0.1) is 0 Å². The molecule has 0 aliphatic carbocycles. The molecule has 1 aliphatic heterocycles. The van der Waals surface area contributed by atoms with Crippen molar-refractivity contribution in [3.8, 4) is 11.5 Å². The van der Waals surface area contributed by atoms with Crippen molar-refractivity contribution in [2.45, 2.75) is 20.4 Å². The van der Waals surface area contributed by atoms with Crippen LogP contribution in [-0.2, 0) is 6.54 Å². The molecule has 0 amide bonds. The molecule has 0 atom stereocenters. The van der Waals surface area contributed by atoms with Crippen molar-refractivity contribution in [1.29, 1.82) is 0 Å². The number of hydrogen-bond donors (Lipinski definition) is 2. The van der Waals surface area contributed by atoms with Crippen molar-refractivity contribution in [2.75, 3.05) is 13.1 Å². The van der Waals surface area contributed by atoms with E-state index in [0.29, 0.717) is 29.2 Å². The largest absolute Gasteiger partial charge is 0.507 e. The number of carbonyl (C=O) groups excluding carboxylic acids is 1. The van der Waals surface area contributed by atoms with E-state index in [1.54, 1.807) is 36.6 Å². The maximum Gasteiger partial charge on any atom is 0.232 e. The van der Waals surface area contributed by atoms with E-state index in [4.69, 9.17) is 9.15 Å². The number of nitrogens with one attached hydrogen (secondary N) is 1. The molecule has 23 heavy (non-hydrogen) atoms. The molecule has 120 valence electrons. The summed E-state index contributed by atoms with van der Waals surface area (Å²) in [5, 5.41) is 10.2. The van der Waals surface area contributed by atoms with Gasteiger partial charge in [0.1, 0.15) is 18.1 Å². The van der Waals surface area contributed by atoms with Crippen LogP contribution in [0.3, 0.4) is 0 Å². The number of ketones is 1. The summed E-state index contributed by atoms with van der Waals surface area (Å²) >= 11 is 0. The molecule has 2 N–H and O–H groups in total. The zero-order valence-corrected chi connectivity index (χ0v) is 13.3. The molecule has 3 rings (SSSR count). The zero-order valence-electron chi connectivity index (χ0n) is 13.3. The van der Waals surface area contributed by atoms with Crippen LogP contribution in [0.15, 0.2) is 40.7 Å². The lowest BCUT2D eigenvalue weighted by atomic mass is 10.0. The molecule has 1 aromatic heterocycles. The second-order valence-electron chi connectivity index (χ2n) is 5.53. The lowest BCUT2D eigenvalue weighted by Crippen LogP contribution is -3.10. The van der Waals surface area contributed by atoms with E-state index in [2.05, 4.69) is 13.8 Å². The molecule has 2 aromatic rings. The van der Waals surface area contributed by atoms with Gasteiger partial charge in [-0.25, -0.2) is 0 Å². The van der Waals surface area contributed by atoms with Crippen LogP contribution in [0.2, 0.25) is 0 Å². The number of Topliss-reactive ketones (excluding diaryl/α,β-unsaturated/α-hetero) is 1. The fourth-order valence-electron chi connectivity index (χ4n) is 2.72. The Morgan fingerprint density at radius 3 is 2.65 bits per heavy atom. The third kappa shape index (κ3) is 2.87. The van der Waals surface area contributed by atoms with Crippen LogP contribution in [-0.4, -0.2) is 24.0 Å². The van der Waals surface area contributed by atoms with Gasteiger partial charge in [-0.1, -0.05) is 0 Å². The van der Waals surface area contributed by atoms with Crippen molar-refractivity contribution in [3.05, 3.63) is 53.2 Å². The molecule has 0 bridgehead atoms. The average Bonchev–Trinajstić information content (AvgIpc) is 3.16. The number of rotatable bonds is 5. The van der Waals surface area contributed by atoms with Crippen molar-refractivity contribution in [2.24, 2.45) is 0 Å². The number of allylic oxidation sites excluding steroid dienone is 1. The zero-order chi connectivity index (χ0) is 16.4. The second-order valence-corrected chi connectivity index (χ2v) is 5.53. The lowest BCUT2D eigenvalue weighted by Gasteiger charge is -2.17. The Labute approximate surface area is 134 Å². The van der Waals surface area contributed by atoms with Gasteiger partial charge in [0.2, 0.25) is 5.78 Å². The number of quaternary nitrogens is 1. The smallest absolute Gasteiger partial charge is 0.232 e. The third-order valence-corrected chi connectivity index (χ3v) is 4.16. The summed E-state index contributed by atoms with van der Waals surface area (Å²) < 4.78 is 11.0. The van der Waals surface area contributed by atoms with Gasteiger partial charge in [0.25, 0.3) is 0 Å². The number of aromatic hydroxyl groups is 1. The summed E-state index contributed by atoms with van der Waals surface area (Å²) in [6.45, 7) is 6.66. The molecule has 0 radical (unpaired) electrons. The Kier molecular flexibility index (Phi) is 4.21. The van der Waals surface area contributed by atoms with E-state index >= 15 is 0 Å². The summed E-state index contributed by atoms with van der Waals surface area (Å²) in [4.78, 5) is 13.8. The van der Waals surface area contributed by atoms with Gasteiger partial charge in [-0.3, -0.25) is 4.79 Å². The molecule has 5 heteroatoms.